The van der Waals surface area contributed by atoms with Crippen molar-refractivity contribution in [1.82, 2.24) is 9.80 Å². The van der Waals surface area contributed by atoms with E-state index in [4.69, 9.17) is 10.7 Å². The number of aliphatic imine (C=N–C) groups is 2. The summed E-state index contributed by atoms with van der Waals surface area (Å²) in [4.78, 5) is 66.1. The Morgan fingerprint density at radius 2 is 0.735 bits per heavy atom. The summed E-state index contributed by atoms with van der Waals surface area (Å²) in [5.41, 5.74) is 14.6. The topological polar surface area (TPSA) is 129 Å². The van der Waals surface area contributed by atoms with Crippen LogP contribution in [0.15, 0.2) is 129 Å². The third kappa shape index (κ3) is 14.1. The fraction of sp³-hybridized carbons (Fsp3) is 0.483. The molecule has 10 nitrogen and oxygen atoms in total. The number of nitrogens with two attached hydrogens (primary N) is 1. The molecule has 0 radical (unpaired) electrons. The first-order chi connectivity index (χ1) is 31.6. The normalized spacial score (nSPS) is 18.4. The molecule has 2 N–H and O–H groups in total. The number of nitrogen functional groups attached to an aromatic ring is 1. The van der Waals surface area contributed by atoms with Crippen molar-refractivity contribution in [2.45, 2.75) is 122 Å². The lowest BCUT2D eigenvalue weighted by Crippen LogP contribution is -2.38. The highest BCUT2D eigenvalue weighted by Gasteiger charge is 2.36. The Morgan fingerprint density at radius 3 is 1.01 bits per heavy atom. The number of piperidine rings is 2. The Hall–Kier alpha value is -5.90. The van der Waals surface area contributed by atoms with Gasteiger partial charge >= 0.3 is 0 Å². The highest BCUT2D eigenvalue weighted by Crippen LogP contribution is 2.39. The Labute approximate surface area is 407 Å². The molecule has 10 heteroatoms. The summed E-state index contributed by atoms with van der Waals surface area (Å²) in [5.74, 6) is 0.280. The lowest BCUT2D eigenvalue weighted by molar-refractivity contribution is -0.117. The van der Waals surface area contributed by atoms with Crippen molar-refractivity contribution in [1.29, 1.82) is 0 Å². The van der Waals surface area contributed by atoms with Gasteiger partial charge in [0.1, 0.15) is 0 Å². The van der Waals surface area contributed by atoms with Crippen LogP contribution in [0.2, 0.25) is 0 Å². The molecule has 0 atom stereocenters. The zero-order valence-corrected chi connectivity index (χ0v) is 43.6. The molecule has 2 aliphatic heterocycles. The standard InChI is InChI=1S/C22H30N2O.C20H26N2O.C16H22N2O2/c1-21(2,3)18-13-16(14-19(20(18)25)22(4,5)6)23-15-9-11-17(12-10-15)24(7)8;1-19(2,3)16-11-15(12-17(18(16)23)20(4,5)6)22-14-9-7-13(21)8-10-14;19-15-12-14(18-9-5-2-6-10-18)16(20)11-13(15)17-7-3-1-4-8-17/h9-14H,1-8H3;7-12H,21H2,1-6H3;11-12H,1-10H2. The average molecular weight is 923 g/mol. The number of anilines is 2. The van der Waals surface area contributed by atoms with Gasteiger partial charge in [-0.15, -0.1) is 0 Å². The minimum absolute atomic E-state index is 0.00655. The first-order valence-electron chi connectivity index (χ1n) is 24.4. The van der Waals surface area contributed by atoms with Gasteiger partial charge in [-0.3, -0.25) is 19.2 Å². The molecule has 0 amide bonds. The second-order valence-electron chi connectivity index (χ2n) is 22.8. The summed E-state index contributed by atoms with van der Waals surface area (Å²) in [5, 5.41) is 0. The summed E-state index contributed by atoms with van der Waals surface area (Å²) in [6, 6.07) is 15.5. The van der Waals surface area contributed by atoms with Crippen LogP contribution in [0.1, 0.15) is 122 Å². The predicted octanol–water partition coefficient (Wildman–Crippen LogP) is 12.1. The van der Waals surface area contributed by atoms with E-state index in [0.717, 1.165) is 103 Å². The molecule has 2 aromatic rings. The van der Waals surface area contributed by atoms with Crippen LogP contribution in [0, 0.1) is 21.7 Å². The van der Waals surface area contributed by atoms with Gasteiger partial charge in [0.15, 0.2) is 11.6 Å². The van der Waals surface area contributed by atoms with Gasteiger partial charge in [0, 0.05) is 86.1 Å². The van der Waals surface area contributed by atoms with Crippen LogP contribution >= 0.6 is 0 Å². The zero-order chi connectivity index (χ0) is 50.4. The van der Waals surface area contributed by atoms with Gasteiger partial charge in [-0.05, 0) is 133 Å². The second kappa shape index (κ2) is 21.6. The minimum atomic E-state index is -0.219. The fourth-order valence-electron chi connectivity index (χ4n) is 8.56. The number of nitrogens with zero attached hydrogens (tertiary/aromatic N) is 5. The number of benzene rings is 2. The first-order valence-corrected chi connectivity index (χ1v) is 24.4. The van der Waals surface area contributed by atoms with Gasteiger partial charge < -0.3 is 20.4 Å². The lowest BCUT2D eigenvalue weighted by Gasteiger charge is -2.34. The van der Waals surface area contributed by atoms with E-state index in [1.165, 1.54) is 12.8 Å². The Balaban J connectivity index is 0.000000192. The number of ketones is 4. The molecule has 7 rings (SSSR count). The van der Waals surface area contributed by atoms with Crippen LogP contribution in [-0.2, 0) is 19.2 Å². The zero-order valence-electron chi connectivity index (χ0n) is 43.6. The Morgan fingerprint density at radius 1 is 0.441 bits per heavy atom. The van der Waals surface area contributed by atoms with Crippen molar-refractivity contribution >= 4 is 57.3 Å². The molecule has 0 saturated carbocycles. The maximum Gasteiger partial charge on any atom is 0.204 e. The number of rotatable bonds is 5. The maximum absolute atomic E-state index is 12.9. The van der Waals surface area contributed by atoms with E-state index in [1.54, 1.807) is 12.2 Å². The number of hydrogen-bond acceptors (Lipinski definition) is 10. The summed E-state index contributed by atoms with van der Waals surface area (Å²) in [6.07, 6.45) is 17.7. The SMILES string of the molecule is CC(C)(C)C1=CC(=Nc2ccc(N)cc2)C=C(C(C)(C)C)C1=O.CN(C)c1ccc(N=C2C=C(C(C)(C)C)C(=O)C(C(C)(C)C)=C2)cc1.O=C1C=C(N2CCCCC2)C(=O)C=C1N1CCCCC1. The van der Waals surface area contributed by atoms with E-state index < -0.39 is 0 Å². The van der Waals surface area contributed by atoms with Crippen LogP contribution in [0.3, 0.4) is 0 Å². The van der Waals surface area contributed by atoms with E-state index >= 15 is 0 Å². The van der Waals surface area contributed by atoms with Gasteiger partial charge in [-0.2, -0.15) is 0 Å². The van der Waals surface area contributed by atoms with E-state index in [0.29, 0.717) is 17.1 Å². The molecule has 0 unspecified atom stereocenters. The molecule has 2 heterocycles. The maximum atomic E-state index is 12.9. The smallest absolute Gasteiger partial charge is 0.204 e. The van der Waals surface area contributed by atoms with Gasteiger partial charge in [-0.1, -0.05) is 83.1 Å². The van der Waals surface area contributed by atoms with Crippen LogP contribution in [0.25, 0.3) is 0 Å². The summed E-state index contributed by atoms with van der Waals surface area (Å²) in [6.45, 7) is 28.4. The molecular weight excluding hydrogens is 845 g/mol. The summed E-state index contributed by atoms with van der Waals surface area (Å²) in [7, 11) is 4.04. The molecule has 0 bridgehead atoms. The average Bonchev–Trinajstić information content (AvgIpc) is 3.26. The molecule has 0 spiro atoms. The molecule has 68 heavy (non-hydrogen) atoms. The monoisotopic (exact) mass is 923 g/mol. The van der Waals surface area contributed by atoms with Crippen LogP contribution in [-0.4, -0.2) is 84.6 Å². The quantitative estimate of drug-likeness (QED) is 0.232. The van der Waals surface area contributed by atoms with Gasteiger partial charge in [0.2, 0.25) is 11.6 Å². The molecule has 0 aromatic heterocycles. The number of carbonyl (C=O) groups is 4. The number of likely N-dealkylation sites (tertiary alicyclic amines) is 2. The van der Waals surface area contributed by atoms with Crippen molar-refractivity contribution in [2.75, 3.05) is 50.9 Å². The third-order valence-electron chi connectivity index (χ3n) is 12.6. The largest absolute Gasteiger partial charge is 0.399 e. The Kier molecular flexibility index (Phi) is 16.8. The van der Waals surface area contributed by atoms with Crippen molar-refractivity contribution in [3.05, 3.63) is 119 Å². The van der Waals surface area contributed by atoms with E-state index in [1.807, 2.05) is 74.8 Å². The summed E-state index contributed by atoms with van der Waals surface area (Å²) >= 11 is 0. The number of hydrogen-bond donors (Lipinski definition) is 1. The lowest BCUT2D eigenvalue weighted by atomic mass is 9.72. The van der Waals surface area contributed by atoms with Crippen molar-refractivity contribution in [3.8, 4) is 0 Å². The highest BCUT2D eigenvalue weighted by molar-refractivity contribution is 6.24. The molecular formula is C58H78N6O4. The second-order valence-corrected chi connectivity index (χ2v) is 22.8. The molecule has 2 aromatic carbocycles. The molecule has 5 aliphatic rings. The van der Waals surface area contributed by atoms with Crippen molar-refractivity contribution in [2.24, 2.45) is 31.6 Å². The predicted molar refractivity (Wildman–Crippen MR) is 283 cm³/mol. The molecule has 2 fully saturated rings. The molecule has 3 aliphatic carbocycles. The summed E-state index contributed by atoms with van der Waals surface area (Å²) < 4.78 is 0. The van der Waals surface area contributed by atoms with E-state index in [2.05, 4.69) is 115 Å². The third-order valence-corrected chi connectivity index (χ3v) is 12.6. The number of allylic oxidation sites excluding steroid dienone is 10. The first kappa shape index (κ1) is 53.1. The fourth-order valence-corrected chi connectivity index (χ4v) is 8.56. The van der Waals surface area contributed by atoms with E-state index in [-0.39, 0.29) is 44.8 Å². The van der Waals surface area contributed by atoms with Crippen molar-refractivity contribution < 1.29 is 19.2 Å². The minimum Gasteiger partial charge on any atom is -0.399 e. The number of Topliss-reactive ketones (excluding diaryl/α,β-unsaturated/α-hetero) is 2. The van der Waals surface area contributed by atoms with Crippen LogP contribution in [0.4, 0.5) is 22.7 Å². The number of carbonyl (C=O) groups excluding carboxylic acids is 4. The van der Waals surface area contributed by atoms with E-state index in [9.17, 15) is 19.2 Å². The highest BCUT2D eigenvalue weighted by atomic mass is 16.1. The van der Waals surface area contributed by atoms with Gasteiger partial charge in [-0.25, -0.2) is 9.98 Å². The molecule has 364 valence electrons. The van der Waals surface area contributed by atoms with Gasteiger partial charge in [0.25, 0.3) is 0 Å². The molecule has 2 saturated heterocycles. The van der Waals surface area contributed by atoms with Crippen LogP contribution < -0.4 is 10.6 Å². The van der Waals surface area contributed by atoms with Gasteiger partial charge in [0.05, 0.1) is 34.2 Å². The van der Waals surface area contributed by atoms with Crippen LogP contribution in [0.5, 0.6) is 0 Å². The Bertz CT molecular complexity index is 2350. The van der Waals surface area contributed by atoms with Crippen molar-refractivity contribution in [3.63, 3.8) is 0 Å².